The molecule has 0 atom stereocenters. The van der Waals surface area contributed by atoms with Crippen molar-refractivity contribution < 1.29 is 24.1 Å². The third kappa shape index (κ3) is 1.84. The standard InChI is InChI=1S/C15H11ClO6/c1-20-14-11(18)9-10(17)7-4-3-6(16)5-8(7)22-13(9)12(19)15(14)21-2/h3-5,18-19H,1-2H3. The third-order valence-corrected chi connectivity index (χ3v) is 3.59. The first-order valence-corrected chi connectivity index (χ1v) is 6.59. The SMILES string of the molecule is COc1c(OC)c(O)c2c(=O)c3ccc(Cl)cc3oc2c1O. The summed E-state index contributed by atoms with van der Waals surface area (Å²) in [5.74, 6) is -1.17. The Labute approximate surface area is 129 Å². The van der Waals surface area contributed by atoms with Crippen LogP contribution in [-0.2, 0) is 0 Å². The molecule has 22 heavy (non-hydrogen) atoms. The van der Waals surface area contributed by atoms with Crippen molar-refractivity contribution in [2.45, 2.75) is 0 Å². The zero-order valence-electron chi connectivity index (χ0n) is 11.6. The quantitative estimate of drug-likeness (QED) is 0.557. The minimum atomic E-state index is -0.512. The van der Waals surface area contributed by atoms with Gasteiger partial charge in [0.25, 0.3) is 0 Å². The molecule has 6 nitrogen and oxygen atoms in total. The first kappa shape index (κ1) is 14.3. The molecule has 2 aromatic carbocycles. The molecular weight excluding hydrogens is 312 g/mol. The number of methoxy groups -OCH3 is 2. The first-order valence-electron chi connectivity index (χ1n) is 6.21. The molecule has 3 aromatic rings. The Kier molecular flexibility index (Phi) is 3.26. The van der Waals surface area contributed by atoms with Crippen LogP contribution in [0, 0.1) is 0 Å². The number of fused-ring (bicyclic) bond motifs is 2. The predicted molar refractivity (Wildman–Crippen MR) is 81.4 cm³/mol. The van der Waals surface area contributed by atoms with Gasteiger partial charge in [-0.15, -0.1) is 0 Å². The molecule has 2 N–H and O–H groups in total. The van der Waals surface area contributed by atoms with E-state index in [0.717, 1.165) is 0 Å². The number of phenols is 2. The fraction of sp³-hybridized carbons (Fsp3) is 0.133. The lowest BCUT2D eigenvalue weighted by Crippen LogP contribution is -2.04. The van der Waals surface area contributed by atoms with Crippen molar-refractivity contribution in [1.82, 2.24) is 0 Å². The smallest absolute Gasteiger partial charge is 0.211 e. The highest BCUT2D eigenvalue weighted by molar-refractivity contribution is 6.31. The number of phenolic OH excluding ortho intramolecular Hbond substituents is 2. The van der Waals surface area contributed by atoms with Crippen LogP contribution in [0.25, 0.3) is 21.9 Å². The molecule has 1 heterocycles. The summed E-state index contributed by atoms with van der Waals surface area (Å²) in [5.41, 5.74) is -0.525. The van der Waals surface area contributed by atoms with Crippen LogP contribution < -0.4 is 14.9 Å². The highest BCUT2D eigenvalue weighted by Gasteiger charge is 2.25. The summed E-state index contributed by atoms with van der Waals surface area (Å²) in [6.45, 7) is 0. The Morgan fingerprint density at radius 1 is 1.09 bits per heavy atom. The van der Waals surface area contributed by atoms with Crippen LogP contribution in [0.1, 0.15) is 0 Å². The van der Waals surface area contributed by atoms with Crippen molar-refractivity contribution >= 4 is 33.5 Å². The van der Waals surface area contributed by atoms with Gasteiger partial charge in [-0.3, -0.25) is 4.79 Å². The minimum absolute atomic E-state index is 0.128. The number of hydrogen-bond donors (Lipinski definition) is 2. The Hall–Kier alpha value is -2.60. The van der Waals surface area contributed by atoms with Gasteiger partial charge >= 0.3 is 0 Å². The third-order valence-electron chi connectivity index (χ3n) is 3.35. The molecule has 7 heteroatoms. The Bertz CT molecular complexity index is 960. The van der Waals surface area contributed by atoms with Crippen LogP contribution in [-0.4, -0.2) is 24.4 Å². The van der Waals surface area contributed by atoms with Crippen LogP contribution in [0.15, 0.2) is 27.4 Å². The lowest BCUT2D eigenvalue weighted by atomic mass is 10.1. The van der Waals surface area contributed by atoms with Gasteiger partial charge in [0.2, 0.25) is 22.7 Å². The van der Waals surface area contributed by atoms with Crippen LogP contribution in [0.4, 0.5) is 0 Å². The van der Waals surface area contributed by atoms with E-state index in [1.807, 2.05) is 0 Å². The van der Waals surface area contributed by atoms with Gasteiger partial charge in [0, 0.05) is 11.1 Å². The molecular formula is C15H11ClO6. The van der Waals surface area contributed by atoms with Crippen molar-refractivity contribution in [1.29, 1.82) is 0 Å². The second-order valence-corrected chi connectivity index (χ2v) is 4.98. The Morgan fingerprint density at radius 3 is 2.36 bits per heavy atom. The van der Waals surface area contributed by atoms with E-state index in [1.54, 1.807) is 0 Å². The zero-order valence-corrected chi connectivity index (χ0v) is 12.4. The molecule has 0 aliphatic heterocycles. The number of halogens is 1. The van der Waals surface area contributed by atoms with Crippen LogP contribution in [0.3, 0.4) is 0 Å². The van der Waals surface area contributed by atoms with Gasteiger partial charge in [-0.05, 0) is 12.1 Å². The van der Waals surface area contributed by atoms with Gasteiger partial charge in [0.15, 0.2) is 11.3 Å². The van der Waals surface area contributed by atoms with E-state index >= 15 is 0 Å². The Morgan fingerprint density at radius 2 is 1.73 bits per heavy atom. The highest BCUT2D eigenvalue weighted by atomic mass is 35.5. The van der Waals surface area contributed by atoms with E-state index in [0.29, 0.717) is 5.02 Å². The summed E-state index contributed by atoms with van der Waals surface area (Å²) in [6.07, 6.45) is 0. The van der Waals surface area contributed by atoms with Crippen molar-refractivity contribution in [3.05, 3.63) is 33.4 Å². The normalized spacial score (nSPS) is 11.0. The number of benzene rings is 2. The number of hydrogen-bond acceptors (Lipinski definition) is 6. The van der Waals surface area contributed by atoms with Crippen LogP contribution in [0.2, 0.25) is 5.02 Å². The molecule has 0 saturated carbocycles. The van der Waals surface area contributed by atoms with Gasteiger partial charge in [-0.25, -0.2) is 0 Å². The summed E-state index contributed by atoms with van der Waals surface area (Å²) < 4.78 is 15.5. The summed E-state index contributed by atoms with van der Waals surface area (Å²) in [7, 11) is 2.57. The maximum Gasteiger partial charge on any atom is 0.211 e. The number of rotatable bonds is 2. The second-order valence-electron chi connectivity index (χ2n) is 4.54. The van der Waals surface area contributed by atoms with Crippen molar-refractivity contribution in [2.24, 2.45) is 0 Å². The predicted octanol–water partition coefficient (Wildman–Crippen LogP) is 3.03. The first-order chi connectivity index (χ1) is 10.5. The molecule has 0 spiro atoms. The average Bonchev–Trinajstić information content (AvgIpc) is 2.49. The zero-order chi connectivity index (χ0) is 16.0. The lowest BCUT2D eigenvalue weighted by Gasteiger charge is -2.13. The molecule has 0 radical (unpaired) electrons. The van der Waals surface area contributed by atoms with Crippen molar-refractivity contribution in [3.63, 3.8) is 0 Å². The van der Waals surface area contributed by atoms with E-state index in [4.69, 9.17) is 25.5 Å². The van der Waals surface area contributed by atoms with Crippen LogP contribution >= 0.6 is 11.6 Å². The second kappa shape index (κ2) is 4.99. The van der Waals surface area contributed by atoms with E-state index in [1.165, 1.54) is 32.4 Å². The lowest BCUT2D eigenvalue weighted by molar-refractivity contribution is 0.318. The molecule has 0 amide bonds. The van der Waals surface area contributed by atoms with E-state index in [2.05, 4.69) is 0 Å². The fourth-order valence-corrected chi connectivity index (χ4v) is 2.52. The molecule has 0 bridgehead atoms. The molecule has 3 rings (SSSR count). The van der Waals surface area contributed by atoms with Crippen LogP contribution in [0.5, 0.6) is 23.0 Å². The topological polar surface area (TPSA) is 89.1 Å². The monoisotopic (exact) mass is 322 g/mol. The van der Waals surface area contributed by atoms with Gasteiger partial charge in [-0.1, -0.05) is 11.6 Å². The molecule has 0 aliphatic carbocycles. The van der Waals surface area contributed by atoms with E-state index in [9.17, 15) is 15.0 Å². The van der Waals surface area contributed by atoms with Gasteiger partial charge in [0.05, 0.1) is 19.6 Å². The highest BCUT2D eigenvalue weighted by Crippen LogP contribution is 2.49. The Balaban J connectivity index is 2.61. The molecule has 0 fully saturated rings. The van der Waals surface area contributed by atoms with Gasteiger partial charge in [-0.2, -0.15) is 0 Å². The fourth-order valence-electron chi connectivity index (χ4n) is 2.36. The largest absolute Gasteiger partial charge is 0.504 e. The van der Waals surface area contributed by atoms with E-state index < -0.39 is 16.9 Å². The molecule has 114 valence electrons. The summed E-state index contributed by atoms with van der Waals surface area (Å²) in [4.78, 5) is 12.6. The van der Waals surface area contributed by atoms with Gasteiger partial charge < -0.3 is 24.1 Å². The minimum Gasteiger partial charge on any atom is -0.504 e. The summed E-state index contributed by atoms with van der Waals surface area (Å²) in [6, 6.07) is 4.46. The number of aromatic hydroxyl groups is 2. The molecule has 0 saturated heterocycles. The number of ether oxygens (including phenoxy) is 2. The summed E-state index contributed by atoms with van der Waals surface area (Å²) in [5, 5.41) is 20.9. The average molecular weight is 323 g/mol. The summed E-state index contributed by atoms with van der Waals surface area (Å²) >= 11 is 5.88. The van der Waals surface area contributed by atoms with Crippen molar-refractivity contribution in [2.75, 3.05) is 14.2 Å². The molecule has 0 unspecified atom stereocenters. The maximum absolute atomic E-state index is 12.6. The maximum atomic E-state index is 12.6. The molecule has 0 aliphatic rings. The van der Waals surface area contributed by atoms with Gasteiger partial charge in [0.1, 0.15) is 11.0 Å². The van der Waals surface area contributed by atoms with E-state index in [-0.39, 0.29) is 33.4 Å². The van der Waals surface area contributed by atoms with Crippen molar-refractivity contribution in [3.8, 4) is 23.0 Å². The molecule has 1 aromatic heterocycles.